The van der Waals surface area contributed by atoms with E-state index in [1.54, 1.807) is 19.1 Å². The highest BCUT2D eigenvalue weighted by Gasteiger charge is 2.63. The molecule has 61 heavy (non-hydrogen) atoms. The molecule has 4 fully saturated rings. The van der Waals surface area contributed by atoms with E-state index in [0.29, 0.717) is 57.8 Å². The van der Waals surface area contributed by atoms with Crippen molar-refractivity contribution in [3.8, 4) is 0 Å². The summed E-state index contributed by atoms with van der Waals surface area (Å²) in [6.45, 7) is 19.6. The highest BCUT2D eigenvalue weighted by Crippen LogP contribution is 2.54. The number of ether oxygens (including phenoxy) is 5. The first-order valence-electron chi connectivity index (χ1n) is 23.2. The number of aliphatic hydroxyl groups excluding tert-OH is 1. The first-order chi connectivity index (χ1) is 28.6. The lowest BCUT2D eigenvalue weighted by atomic mass is 9.72. The van der Waals surface area contributed by atoms with Crippen LogP contribution in [0.4, 0.5) is 0 Å². The second-order valence-corrected chi connectivity index (χ2v) is 19.5. The van der Waals surface area contributed by atoms with Gasteiger partial charge in [0.2, 0.25) is 0 Å². The number of aliphatic carboxylic acids is 1. The molecule has 0 bridgehead atoms. The lowest BCUT2D eigenvalue weighted by Gasteiger charge is -2.55. The van der Waals surface area contributed by atoms with Gasteiger partial charge in [-0.25, -0.2) is 0 Å². The molecule has 5 heterocycles. The second kappa shape index (κ2) is 19.7. The number of hydrogen-bond donors (Lipinski definition) is 6. The van der Waals surface area contributed by atoms with Crippen molar-refractivity contribution < 1.29 is 58.2 Å². The number of Topliss-reactive ketones (excluding diaryl/α,β-unsaturated/α-hetero) is 1. The molecule has 2 spiro atoms. The summed E-state index contributed by atoms with van der Waals surface area (Å²) in [5.41, 5.74) is 3.73. The molecule has 5 aliphatic heterocycles. The van der Waals surface area contributed by atoms with Crippen molar-refractivity contribution in [3.63, 3.8) is 0 Å². The average Bonchev–Trinajstić information content (AvgIpc) is 3.57. The maximum absolute atomic E-state index is 14.6. The van der Waals surface area contributed by atoms with Gasteiger partial charge in [0.1, 0.15) is 11.8 Å². The molecular weight excluding hydrogens is 787 g/mol. The van der Waals surface area contributed by atoms with Crippen molar-refractivity contribution in [2.45, 2.75) is 199 Å². The lowest BCUT2D eigenvalue weighted by molar-refractivity contribution is -0.398. The highest BCUT2D eigenvalue weighted by molar-refractivity contribution is 6.35. The quantitative estimate of drug-likeness (QED) is 0.0994. The van der Waals surface area contributed by atoms with E-state index in [-0.39, 0.29) is 36.6 Å². The van der Waals surface area contributed by atoms with Crippen LogP contribution < -0.4 is 16.4 Å². The van der Waals surface area contributed by atoms with E-state index in [2.05, 4.69) is 17.6 Å². The van der Waals surface area contributed by atoms with Crippen LogP contribution in [-0.2, 0) is 42.9 Å². The topological polar surface area (TPSA) is 225 Å². The third-order valence-electron chi connectivity index (χ3n) is 15.4. The number of carboxylic acid groups (broad SMARTS) is 1. The number of amides is 2. The zero-order valence-corrected chi connectivity index (χ0v) is 38.3. The lowest BCUT2D eigenvalue weighted by Crippen LogP contribution is -2.66. The Morgan fingerprint density at radius 1 is 0.885 bits per heavy atom. The number of carbonyl (C=O) groups is 4. The molecule has 0 saturated carbocycles. The van der Waals surface area contributed by atoms with Gasteiger partial charge >= 0.3 is 17.8 Å². The minimum absolute atomic E-state index is 0.0680. The summed E-state index contributed by atoms with van der Waals surface area (Å²) in [4.78, 5) is 52.7. The zero-order chi connectivity index (χ0) is 45.2. The molecule has 15 heteroatoms. The minimum atomic E-state index is -1.49. The molecule has 0 aromatic rings. The van der Waals surface area contributed by atoms with Gasteiger partial charge in [-0.2, -0.15) is 0 Å². The van der Waals surface area contributed by atoms with Crippen LogP contribution in [-0.4, -0.2) is 117 Å². The van der Waals surface area contributed by atoms with Gasteiger partial charge in [0.25, 0.3) is 0 Å². The Bertz CT molecular complexity index is 1600. The molecule has 15 nitrogen and oxygen atoms in total. The SMILES string of the molecule is CCC(C(=O)[C@@H](C)[C@@H](O)[C@H](C)[C@@H]1O[C@@H]([C@@H](CC)C(=O)O)CC[C@@H]1C)[C@H]1O[C@]2(C=C[C@@H](NC(=O)C(=O)NCCN)[C@]3(CC[C@@](C)([C@H]4CC[C@](O)(CC)[C@H](C)O4)O3)O2)[C@H](C)C[C@@H]1C. The molecular formula is C46H77N3O12. The van der Waals surface area contributed by atoms with E-state index in [4.69, 9.17) is 29.4 Å². The summed E-state index contributed by atoms with van der Waals surface area (Å²) in [5, 5.41) is 38.2. The number of aliphatic hydroxyl groups is 2. The normalized spacial score (nSPS) is 41.4. The molecule has 7 N–H and O–H groups in total. The van der Waals surface area contributed by atoms with Crippen LogP contribution in [0.3, 0.4) is 0 Å². The fraction of sp³-hybridized carbons (Fsp3) is 0.870. The number of nitrogens with two attached hydrogens (primary N) is 1. The Hall–Kier alpha value is -2.50. The van der Waals surface area contributed by atoms with Crippen LogP contribution in [0.1, 0.15) is 133 Å². The summed E-state index contributed by atoms with van der Waals surface area (Å²) >= 11 is 0. The van der Waals surface area contributed by atoms with Crippen molar-refractivity contribution in [1.29, 1.82) is 0 Å². The third kappa shape index (κ3) is 9.94. The first-order valence-corrected chi connectivity index (χ1v) is 23.2. The molecule has 0 aromatic heterocycles. The average molecular weight is 864 g/mol. The smallest absolute Gasteiger partial charge is 0.309 e. The van der Waals surface area contributed by atoms with Gasteiger partial charge in [0.15, 0.2) is 11.6 Å². The van der Waals surface area contributed by atoms with Gasteiger partial charge in [-0.15, -0.1) is 0 Å². The summed E-state index contributed by atoms with van der Waals surface area (Å²) in [6.07, 6.45) is 5.54. The monoisotopic (exact) mass is 864 g/mol. The van der Waals surface area contributed by atoms with Crippen LogP contribution in [0.15, 0.2) is 12.2 Å². The second-order valence-electron chi connectivity index (χ2n) is 19.5. The number of carbonyl (C=O) groups excluding carboxylic acids is 3. The van der Waals surface area contributed by atoms with Crippen LogP contribution in [0, 0.1) is 41.4 Å². The van der Waals surface area contributed by atoms with Gasteiger partial charge in [0, 0.05) is 43.2 Å². The Labute approximate surface area is 362 Å². The highest BCUT2D eigenvalue weighted by atomic mass is 16.8. The molecule has 1 unspecified atom stereocenters. The van der Waals surface area contributed by atoms with Crippen molar-refractivity contribution in [2.75, 3.05) is 13.1 Å². The van der Waals surface area contributed by atoms with E-state index < -0.39 is 107 Å². The Kier molecular flexibility index (Phi) is 16.0. The molecule has 0 radical (unpaired) electrons. The standard InChI is InChI=1S/C46H77N3O12/c1-11-31(42(54)55)33-15-14-25(4)38(58-33)29(8)36(50)28(7)37(51)32(12-2)39-26(5)24-27(6)45(59-39)19-16-34(49-41(53)40(52)48-23-22-47)46(61-45)21-20-43(10,60-46)35-17-18-44(56,13-3)30(9)57-35/h16,19,25-36,38-39,50,56H,11-15,17-18,20-24,47H2,1-10H3,(H,48,52)(H,49,53)(H,54,55)/t25-,26-,27+,28-,29-,30-,31+,32?,33+,34+,35+,36+,38+,39-,43-,44+,45-,46-/m0/s1. The van der Waals surface area contributed by atoms with Gasteiger partial charge in [0.05, 0.1) is 53.7 Å². The molecule has 2 amide bonds. The Morgan fingerprint density at radius 3 is 2.18 bits per heavy atom. The maximum atomic E-state index is 14.6. The predicted octanol–water partition coefficient (Wildman–Crippen LogP) is 4.39. The zero-order valence-electron chi connectivity index (χ0n) is 38.3. The number of rotatable bonds is 15. The summed E-state index contributed by atoms with van der Waals surface area (Å²) in [5.74, 6) is -8.27. The summed E-state index contributed by atoms with van der Waals surface area (Å²) in [7, 11) is 0. The van der Waals surface area contributed by atoms with Crippen molar-refractivity contribution in [1.82, 2.24) is 10.6 Å². The Morgan fingerprint density at radius 2 is 1.57 bits per heavy atom. The van der Waals surface area contributed by atoms with Crippen LogP contribution in [0.25, 0.3) is 0 Å². The van der Waals surface area contributed by atoms with Gasteiger partial charge < -0.3 is 55.4 Å². The van der Waals surface area contributed by atoms with E-state index in [1.807, 2.05) is 55.4 Å². The number of carboxylic acids is 1. The van der Waals surface area contributed by atoms with Crippen LogP contribution in [0.2, 0.25) is 0 Å². The minimum Gasteiger partial charge on any atom is -0.481 e. The van der Waals surface area contributed by atoms with E-state index in [0.717, 1.165) is 6.42 Å². The maximum Gasteiger partial charge on any atom is 0.309 e. The van der Waals surface area contributed by atoms with Crippen LogP contribution in [0.5, 0.6) is 0 Å². The van der Waals surface area contributed by atoms with E-state index in [9.17, 15) is 34.5 Å². The fourth-order valence-electron chi connectivity index (χ4n) is 11.1. The largest absolute Gasteiger partial charge is 0.481 e. The van der Waals surface area contributed by atoms with Crippen molar-refractivity contribution >= 4 is 23.6 Å². The van der Waals surface area contributed by atoms with E-state index in [1.165, 1.54) is 0 Å². The Balaban J connectivity index is 1.40. The van der Waals surface area contributed by atoms with Gasteiger partial charge in [-0.05, 0) is 89.5 Å². The third-order valence-corrected chi connectivity index (χ3v) is 15.4. The van der Waals surface area contributed by atoms with Crippen molar-refractivity contribution in [2.24, 2.45) is 47.2 Å². The van der Waals surface area contributed by atoms with Crippen molar-refractivity contribution in [3.05, 3.63) is 12.2 Å². The van der Waals surface area contributed by atoms with Gasteiger partial charge in [-0.1, -0.05) is 61.5 Å². The molecule has 18 atom stereocenters. The summed E-state index contributed by atoms with van der Waals surface area (Å²) in [6, 6.07) is -0.898. The number of hydrogen-bond acceptors (Lipinski definition) is 12. The van der Waals surface area contributed by atoms with Gasteiger partial charge in [-0.3, -0.25) is 19.2 Å². The molecule has 4 saturated heterocycles. The first kappa shape index (κ1) is 49.5. The number of nitrogens with one attached hydrogen (secondary N) is 2. The summed E-state index contributed by atoms with van der Waals surface area (Å²) < 4.78 is 34.2. The van der Waals surface area contributed by atoms with Crippen LogP contribution >= 0.6 is 0 Å². The molecule has 5 rings (SSSR count). The number of ketones is 1. The van der Waals surface area contributed by atoms with E-state index >= 15 is 0 Å². The molecule has 348 valence electrons. The fourth-order valence-corrected chi connectivity index (χ4v) is 11.1. The predicted molar refractivity (Wildman–Crippen MR) is 227 cm³/mol. The molecule has 0 aromatic carbocycles. The molecule has 5 aliphatic rings. The molecule has 0 aliphatic carbocycles.